The van der Waals surface area contributed by atoms with Crippen molar-refractivity contribution < 1.29 is 9.18 Å². The smallest absolute Gasteiger partial charge is 0.256 e. The summed E-state index contributed by atoms with van der Waals surface area (Å²) in [6.45, 7) is 2.32. The van der Waals surface area contributed by atoms with Gasteiger partial charge in [0.1, 0.15) is 5.67 Å². The second-order valence-corrected chi connectivity index (χ2v) is 7.57. The average Bonchev–Trinajstić information content (AvgIpc) is 3.02. The number of likely N-dealkylation sites (tertiary alicyclic amines) is 1. The predicted molar refractivity (Wildman–Crippen MR) is 106 cm³/mol. The van der Waals surface area contributed by atoms with Gasteiger partial charge in [0, 0.05) is 36.3 Å². The van der Waals surface area contributed by atoms with Crippen molar-refractivity contribution in [2.24, 2.45) is 0 Å². The van der Waals surface area contributed by atoms with Crippen molar-refractivity contribution in [1.29, 1.82) is 0 Å². The number of hydrogen-bond donors (Lipinski definition) is 1. The van der Waals surface area contributed by atoms with Gasteiger partial charge in [-0.1, -0.05) is 48.5 Å². The fourth-order valence-electron chi connectivity index (χ4n) is 4.46. The highest BCUT2D eigenvalue weighted by Crippen LogP contribution is 2.44. The maximum atomic E-state index is 16.0. The maximum Gasteiger partial charge on any atom is 0.256 e. The molecule has 0 spiro atoms. The van der Waals surface area contributed by atoms with Crippen LogP contribution >= 0.6 is 0 Å². The summed E-state index contributed by atoms with van der Waals surface area (Å²) in [5.41, 5.74) is 2.07. The standard InChI is InChI=1S/C23H21FN2O/c24-23(11-13-26(14-12-23)15-16-5-2-1-3-6-16)19-10-9-18-21-17(19)7-4-8-20(21)25-22(18)27/h1-10H,11-15H2,(H,25,27). The number of carbonyl (C=O) groups excluding carboxylic acids is 1. The van der Waals surface area contributed by atoms with Crippen molar-refractivity contribution in [1.82, 2.24) is 4.90 Å². The van der Waals surface area contributed by atoms with Gasteiger partial charge in [-0.15, -0.1) is 0 Å². The highest BCUT2D eigenvalue weighted by molar-refractivity contribution is 6.24. The minimum Gasteiger partial charge on any atom is -0.321 e. The first-order chi connectivity index (χ1) is 13.1. The lowest BCUT2D eigenvalue weighted by atomic mass is 9.82. The molecule has 1 N–H and O–H groups in total. The first kappa shape index (κ1) is 16.5. The summed E-state index contributed by atoms with van der Waals surface area (Å²) in [5.74, 6) is -0.0988. The molecule has 136 valence electrons. The molecule has 0 bridgehead atoms. The largest absolute Gasteiger partial charge is 0.321 e. The van der Waals surface area contributed by atoms with Gasteiger partial charge >= 0.3 is 0 Å². The van der Waals surface area contributed by atoms with Crippen LogP contribution < -0.4 is 5.32 Å². The van der Waals surface area contributed by atoms with Gasteiger partial charge in [-0.25, -0.2) is 4.39 Å². The molecule has 1 fully saturated rings. The van der Waals surface area contributed by atoms with Gasteiger partial charge in [-0.05, 0) is 41.5 Å². The van der Waals surface area contributed by atoms with Gasteiger partial charge in [0.05, 0.1) is 0 Å². The van der Waals surface area contributed by atoms with Crippen LogP contribution in [0.1, 0.15) is 34.3 Å². The topological polar surface area (TPSA) is 32.3 Å². The van der Waals surface area contributed by atoms with Crippen LogP contribution in [0, 0.1) is 0 Å². The lowest BCUT2D eigenvalue weighted by Gasteiger charge is -2.37. The molecule has 4 heteroatoms. The molecule has 0 aromatic heterocycles. The number of rotatable bonds is 3. The van der Waals surface area contributed by atoms with Gasteiger partial charge < -0.3 is 5.32 Å². The summed E-state index contributed by atoms with van der Waals surface area (Å²) in [4.78, 5) is 14.4. The Morgan fingerprint density at radius 1 is 0.963 bits per heavy atom. The number of benzene rings is 3. The monoisotopic (exact) mass is 360 g/mol. The van der Waals surface area contributed by atoms with E-state index in [0.717, 1.165) is 41.7 Å². The van der Waals surface area contributed by atoms with Gasteiger partial charge in [0.2, 0.25) is 0 Å². The van der Waals surface area contributed by atoms with Crippen LogP contribution in [0.4, 0.5) is 10.1 Å². The van der Waals surface area contributed by atoms with Crippen LogP contribution in [-0.4, -0.2) is 23.9 Å². The molecule has 1 saturated heterocycles. The van der Waals surface area contributed by atoms with E-state index in [4.69, 9.17) is 0 Å². The summed E-state index contributed by atoms with van der Waals surface area (Å²) in [5, 5.41) is 4.61. The molecule has 2 aliphatic heterocycles. The Morgan fingerprint density at radius 2 is 1.74 bits per heavy atom. The van der Waals surface area contributed by atoms with E-state index >= 15 is 4.39 Å². The molecule has 5 rings (SSSR count). The molecular formula is C23H21FN2O. The van der Waals surface area contributed by atoms with Crippen LogP contribution in [0.3, 0.4) is 0 Å². The summed E-state index contributed by atoms with van der Waals surface area (Å²) >= 11 is 0. The number of piperidine rings is 1. The zero-order valence-electron chi connectivity index (χ0n) is 15.0. The Bertz CT molecular complexity index is 1020. The molecule has 0 atom stereocenters. The highest BCUT2D eigenvalue weighted by Gasteiger charge is 2.38. The van der Waals surface area contributed by atoms with Gasteiger partial charge in [-0.2, -0.15) is 0 Å². The van der Waals surface area contributed by atoms with E-state index in [0.29, 0.717) is 18.4 Å². The van der Waals surface area contributed by atoms with E-state index in [1.165, 1.54) is 5.56 Å². The van der Waals surface area contributed by atoms with E-state index in [2.05, 4.69) is 22.3 Å². The Morgan fingerprint density at radius 3 is 2.52 bits per heavy atom. The van der Waals surface area contributed by atoms with Crippen molar-refractivity contribution in [2.75, 3.05) is 18.4 Å². The van der Waals surface area contributed by atoms with Crippen molar-refractivity contribution in [3.63, 3.8) is 0 Å². The Balaban J connectivity index is 1.43. The van der Waals surface area contributed by atoms with E-state index in [-0.39, 0.29) is 5.91 Å². The molecule has 0 aliphatic carbocycles. The molecule has 1 amide bonds. The van der Waals surface area contributed by atoms with Crippen molar-refractivity contribution in [3.8, 4) is 0 Å². The average molecular weight is 360 g/mol. The molecule has 0 saturated carbocycles. The SMILES string of the molecule is O=C1Nc2cccc3c(C4(F)CCN(Cc5ccccc5)CC4)ccc1c23. The molecule has 0 radical (unpaired) electrons. The van der Waals surface area contributed by atoms with Crippen molar-refractivity contribution in [3.05, 3.63) is 77.4 Å². The molecule has 3 aromatic carbocycles. The molecule has 2 heterocycles. The number of nitrogens with one attached hydrogen (secondary N) is 1. The van der Waals surface area contributed by atoms with Crippen LogP contribution in [0.15, 0.2) is 60.7 Å². The lowest BCUT2D eigenvalue weighted by molar-refractivity contribution is 0.0538. The molecule has 2 aliphatic rings. The number of nitrogens with zero attached hydrogens (tertiary/aromatic N) is 1. The number of anilines is 1. The second-order valence-electron chi connectivity index (χ2n) is 7.57. The second kappa shape index (κ2) is 6.17. The van der Waals surface area contributed by atoms with Crippen LogP contribution in [0.25, 0.3) is 10.8 Å². The Labute approximate surface area is 157 Å². The molecule has 3 aromatic rings. The van der Waals surface area contributed by atoms with Crippen molar-refractivity contribution in [2.45, 2.75) is 25.1 Å². The fourth-order valence-corrected chi connectivity index (χ4v) is 4.46. The molecule has 3 nitrogen and oxygen atoms in total. The fraction of sp³-hybridized carbons (Fsp3) is 0.261. The van der Waals surface area contributed by atoms with Crippen LogP contribution in [0.5, 0.6) is 0 Å². The zero-order valence-corrected chi connectivity index (χ0v) is 15.0. The Kier molecular flexibility index (Phi) is 3.76. The normalized spacial score (nSPS) is 18.6. The number of carbonyl (C=O) groups is 1. The minimum atomic E-state index is -1.35. The van der Waals surface area contributed by atoms with Gasteiger partial charge in [-0.3, -0.25) is 9.69 Å². The minimum absolute atomic E-state index is 0.0988. The van der Waals surface area contributed by atoms with Crippen LogP contribution in [-0.2, 0) is 12.2 Å². The van der Waals surface area contributed by atoms with Gasteiger partial charge in [0.15, 0.2) is 0 Å². The molecule has 27 heavy (non-hydrogen) atoms. The van der Waals surface area contributed by atoms with Gasteiger partial charge in [0.25, 0.3) is 5.91 Å². The van der Waals surface area contributed by atoms with Crippen molar-refractivity contribution >= 4 is 22.4 Å². The van der Waals surface area contributed by atoms with E-state index in [9.17, 15) is 4.79 Å². The number of amides is 1. The summed E-state index contributed by atoms with van der Waals surface area (Å²) < 4.78 is 16.0. The number of hydrogen-bond acceptors (Lipinski definition) is 2. The Hall–Kier alpha value is -2.72. The third-order valence-electron chi connectivity index (χ3n) is 5.91. The third kappa shape index (κ3) is 2.72. The maximum absolute atomic E-state index is 16.0. The first-order valence-electron chi connectivity index (χ1n) is 9.47. The summed E-state index contributed by atoms with van der Waals surface area (Å²) in [6, 6.07) is 19.6. The quantitative estimate of drug-likeness (QED) is 0.723. The molecular weight excluding hydrogens is 339 g/mol. The zero-order chi connectivity index (χ0) is 18.4. The van der Waals surface area contributed by atoms with Crippen LogP contribution in [0.2, 0.25) is 0 Å². The first-order valence-corrected chi connectivity index (χ1v) is 9.47. The predicted octanol–water partition coefficient (Wildman–Crippen LogP) is 4.87. The van der Waals surface area contributed by atoms with E-state index < -0.39 is 5.67 Å². The van der Waals surface area contributed by atoms with E-state index in [1.54, 1.807) is 6.07 Å². The van der Waals surface area contributed by atoms with E-state index in [1.807, 2.05) is 42.5 Å². The number of alkyl halides is 1. The molecule has 0 unspecified atom stereocenters. The highest BCUT2D eigenvalue weighted by atomic mass is 19.1. The third-order valence-corrected chi connectivity index (χ3v) is 5.91. The summed E-state index contributed by atoms with van der Waals surface area (Å²) in [6.07, 6.45) is 0.944. The summed E-state index contributed by atoms with van der Waals surface area (Å²) in [7, 11) is 0. The number of halogens is 1. The lowest BCUT2D eigenvalue weighted by Crippen LogP contribution is -2.39.